The zero-order valence-electron chi connectivity index (χ0n) is 9.13. The topological polar surface area (TPSA) is 44.1 Å². The predicted molar refractivity (Wildman–Crippen MR) is 53.5 cm³/mol. The quantitative estimate of drug-likeness (QED) is 0.728. The van der Waals surface area contributed by atoms with Gasteiger partial charge in [0, 0.05) is 19.0 Å². The molecule has 0 aliphatic heterocycles. The average Bonchev–Trinajstić information content (AvgIpc) is 2.36. The summed E-state index contributed by atoms with van der Waals surface area (Å²) in [5, 5.41) is 4.24. The number of ether oxygens (including phenoxy) is 1. The van der Waals surface area contributed by atoms with Gasteiger partial charge in [-0.2, -0.15) is 5.10 Å². The Labute approximate surface area is 83.9 Å². The van der Waals surface area contributed by atoms with Crippen molar-refractivity contribution in [3.8, 4) is 5.88 Å². The van der Waals surface area contributed by atoms with Crippen molar-refractivity contribution in [3.63, 3.8) is 0 Å². The van der Waals surface area contributed by atoms with Crippen LogP contribution in [0.5, 0.6) is 5.88 Å². The number of methoxy groups -OCH3 is 1. The molecule has 14 heavy (non-hydrogen) atoms. The number of nitrogens with zero attached hydrogens (tertiary/aromatic N) is 2. The first kappa shape index (κ1) is 10.8. The summed E-state index contributed by atoms with van der Waals surface area (Å²) in [4.78, 5) is 10.9. The van der Waals surface area contributed by atoms with Crippen LogP contribution in [0.1, 0.15) is 24.6 Å². The van der Waals surface area contributed by atoms with Crippen molar-refractivity contribution < 1.29 is 9.53 Å². The highest BCUT2D eigenvalue weighted by molar-refractivity contribution is 5.75. The highest BCUT2D eigenvalue weighted by Crippen LogP contribution is 2.22. The van der Waals surface area contributed by atoms with Crippen molar-refractivity contribution in [1.82, 2.24) is 9.78 Å². The molecule has 0 atom stereocenters. The molecule has 1 rings (SSSR count). The first-order valence-electron chi connectivity index (χ1n) is 4.62. The third-order valence-corrected chi connectivity index (χ3v) is 2.21. The molecule has 0 saturated carbocycles. The Hall–Kier alpha value is -1.32. The second-order valence-electron chi connectivity index (χ2n) is 3.40. The number of carbonyl (C=O) groups is 1. The van der Waals surface area contributed by atoms with Gasteiger partial charge in [-0.25, -0.2) is 4.68 Å². The minimum Gasteiger partial charge on any atom is -0.481 e. The highest BCUT2D eigenvalue weighted by atomic mass is 16.5. The van der Waals surface area contributed by atoms with Crippen molar-refractivity contribution in [2.24, 2.45) is 7.05 Å². The van der Waals surface area contributed by atoms with Gasteiger partial charge in [0.1, 0.15) is 5.78 Å². The summed E-state index contributed by atoms with van der Waals surface area (Å²) in [7, 11) is 3.46. The standard InChI is InChI=1S/C10H16N2O2/c1-7(13)5-6-9-8(2)11-12(3)10(9)14-4/h5-6H2,1-4H3. The molecule has 0 aliphatic carbocycles. The van der Waals surface area contributed by atoms with Gasteiger partial charge in [0.05, 0.1) is 12.8 Å². The minimum atomic E-state index is 0.190. The van der Waals surface area contributed by atoms with E-state index in [0.29, 0.717) is 12.8 Å². The lowest BCUT2D eigenvalue weighted by Crippen LogP contribution is -1.99. The van der Waals surface area contributed by atoms with Crippen LogP contribution >= 0.6 is 0 Å². The molecule has 78 valence electrons. The summed E-state index contributed by atoms with van der Waals surface area (Å²) in [5.41, 5.74) is 1.97. The van der Waals surface area contributed by atoms with Crippen LogP contribution in [0.3, 0.4) is 0 Å². The molecular weight excluding hydrogens is 180 g/mol. The Balaban J connectivity index is 2.88. The molecular formula is C10H16N2O2. The van der Waals surface area contributed by atoms with E-state index in [9.17, 15) is 4.79 Å². The van der Waals surface area contributed by atoms with Gasteiger partial charge in [-0.05, 0) is 20.3 Å². The number of Topliss-reactive ketones (excluding diaryl/α,β-unsaturated/α-hetero) is 1. The van der Waals surface area contributed by atoms with E-state index >= 15 is 0 Å². The number of aromatic nitrogens is 2. The van der Waals surface area contributed by atoms with E-state index in [-0.39, 0.29) is 5.78 Å². The predicted octanol–water partition coefficient (Wildman–Crippen LogP) is 1.26. The molecule has 0 saturated heterocycles. The van der Waals surface area contributed by atoms with Crippen LogP contribution in [0.4, 0.5) is 0 Å². The van der Waals surface area contributed by atoms with E-state index in [2.05, 4.69) is 5.10 Å². The van der Waals surface area contributed by atoms with Gasteiger partial charge in [0.2, 0.25) is 5.88 Å². The molecule has 0 amide bonds. The van der Waals surface area contributed by atoms with Gasteiger partial charge < -0.3 is 9.53 Å². The second kappa shape index (κ2) is 4.26. The third kappa shape index (κ3) is 2.13. The third-order valence-electron chi connectivity index (χ3n) is 2.21. The van der Waals surface area contributed by atoms with Gasteiger partial charge in [-0.15, -0.1) is 0 Å². The molecule has 0 spiro atoms. The Morgan fingerprint density at radius 1 is 1.57 bits per heavy atom. The minimum absolute atomic E-state index is 0.190. The van der Waals surface area contributed by atoms with Crippen LogP contribution in [-0.2, 0) is 18.3 Å². The van der Waals surface area contributed by atoms with Crippen molar-refractivity contribution in [2.45, 2.75) is 26.7 Å². The smallest absolute Gasteiger partial charge is 0.214 e. The number of hydrogen-bond acceptors (Lipinski definition) is 3. The van der Waals surface area contributed by atoms with Gasteiger partial charge >= 0.3 is 0 Å². The van der Waals surface area contributed by atoms with Crippen LogP contribution in [0, 0.1) is 6.92 Å². The molecule has 4 nitrogen and oxygen atoms in total. The summed E-state index contributed by atoms with van der Waals surface area (Å²) >= 11 is 0. The fourth-order valence-corrected chi connectivity index (χ4v) is 1.53. The largest absolute Gasteiger partial charge is 0.481 e. The Kier molecular flexibility index (Phi) is 3.28. The monoisotopic (exact) mass is 196 g/mol. The summed E-state index contributed by atoms with van der Waals surface area (Å²) < 4.78 is 6.92. The zero-order chi connectivity index (χ0) is 10.7. The highest BCUT2D eigenvalue weighted by Gasteiger charge is 2.13. The van der Waals surface area contributed by atoms with E-state index in [4.69, 9.17) is 4.74 Å². The molecule has 0 N–H and O–H groups in total. The number of rotatable bonds is 4. The molecule has 0 radical (unpaired) electrons. The van der Waals surface area contributed by atoms with E-state index < -0.39 is 0 Å². The molecule has 1 aromatic rings. The van der Waals surface area contributed by atoms with Crippen molar-refractivity contribution in [1.29, 1.82) is 0 Å². The van der Waals surface area contributed by atoms with E-state index in [0.717, 1.165) is 17.1 Å². The van der Waals surface area contributed by atoms with E-state index in [1.165, 1.54) is 0 Å². The van der Waals surface area contributed by atoms with Crippen LogP contribution in [0.2, 0.25) is 0 Å². The molecule has 0 aliphatic rings. The van der Waals surface area contributed by atoms with Crippen molar-refractivity contribution >= 4 is 5.78 Å². The van der Waals surface area contributed by atoms with Gasteiger partial charge in [0.25, 0.3) is 0 Å². The van der Waals surface area contributed by atoms with E-state index in [1.54, 1.807) is 18.7 Å². The first-order valence-corrected chi connectivity index (χ1v) is 4.62. The molecule has 0 bridgehead atoms. The second-order valence-corrected chi connectivity index (χ2v) is 3.40. The SMILES string of the molecule is COc1c(CCC(C)=O)c(C)nn1C. The molecule has 4 heteroatoms. The Morgan fingerprint density at radius 3 is 2.71 bits per heavy atom. The molecule has 1 heterocycles. The summed E-state index contributed by atoms with van der Waals surface area (Å²) in [6, 6.07) is 0. The van der Waals surface area contributed by atoms with Gasteiger partial charge in [-0.1, -0.05) is 0 Å². The molecule has 0 unspecified atom stereocenters. The number of carbonyl (C=O) groups excluding carboxylic acids is 1. The number of aryl methyl sites for hydroxylation is 2. The Bertz CT molecular complexity index is 342. The van der Waals surface area contributed by atoms with Crippen molar-refractivity contribution in [2.75, 3.05) is 7.11 Å². The molecule has 1 aromatic heterocycles. The lowest BCUT2D eigenvalue weighted by atomic mass is 10.1. The summed E-state index contributed by atoms with van der Waals surface area (Å²) in [6.07, 6.45) is 1.25. The lowest BCUT2D eigenvalue weighted by molar-refractivity contribution is -0.116. The summed E-state index contributed by atoms with van der Waals surface area (Å²) in [6.45, 7) is 3.52. The maximum absolute atomic E-state index is 10.9. The fraction of sp³-hybridized carbons (Fsp3) is 0.600. The van der Waals surface area contributed by atoms with Crippen LogP contribution in [0.15, 0.2) is 0 Å². The van der Waals surface area contributed by atoms with Crippen LogP contribution in [0.25, 0.3) is 0 Å². The number of ketones is 1. The maximum atomic E-state index is 10.9. The van der Waals surface area contributed by atoms with Crippen LogP contribution in [-0.4, -0.2) is 22.7 Å². The van der Waals surface area contributed by atoms with Crippen LogP contribution < -0.4 is 4.74 Å². The van der Waals surface area contributed by atoms with Crippen molar-refractivity contribution in [3.05, 3.63) is 11.3 Å². The van der Waals surface area contributed by atoms with Gasteiger partial charge in [-0.3, -0.25) is 0 Å². The van der Waals surface area contributed by atoms with Gasteiger partial charge in [0.15, 0.2) is 0 Å². The van der Waals surface area contributed by atoms with E-state index in [1.807, 2.05) is 14.0 Å². The lowest BCUT2D eigenvalue weighted by Gasteiger charge is -2.03. The first-order chi connectivity index (χ1) is 6.56. The molecule has 0 fully saturated rings. The molecule has 0 aromatic carbocycles. The summed E-state index contributed by atoms with van der Waals surface area (Å²) in [5.74, 6) is 0.944. The zero-order valence-corrected chi connectivity index (χ0v) is 9.13. The fourth-order valence-electron chi connectivity index (χ4n) is 1.53. The number of hydrogen-bond donors (Lipinski definition) is 0. The Morgan fingerprint density at radius 2 is 2.21 bits per heavy atom. The normalized spacial score (nSPS) is 10.3. The average molecular weight is 196 g/mol. The maximum Gasteiger partial charge on any atom is 0.214 e.